The molecule has 0 saturated heterocycles. The van der Waals surface area contributed by atoms with Gasteiger partial charge >= 0.3 is 0 Å². The van der Waals surface area contributed by atoms with Crippen molar-refractivity contribution in [3.05, 3.63) is 17.0 Å². The molecule has 0 radical (unpaired) electrons. The smallest absolute Gasteiger partial charge is 0.161 e. The zero-order valence-electron chi connectivity index (χ0n) is 5.84. The normalized spacial score (nSPS) is 10.1. The topological polar surface area (TPSA) is 25.8 Å². The minimum atomic E-state index is 0.349. The summed E-state index contributed by atoms with van der Waals surface area (Å²) < 4.78 is 0. The van der Waals surface area contributed by atoms with Crippen LogP contribution in [0.25, 0.3) is 0 Å². The maximum atomic E-state index is 5.76. The van der Waals surface area contributed by atoms with Crippen LogP contribution in [-0.2, 0) is 5.88 Å². The molecule has 0 aliphatic heterocycles. The van der Waals surface area contributed by atoms with E-state index in [9.17, 15) is 0 Å². The fourth-order valence-corrected chi connectivity index (χ4v) is 1.48. The summed E-state index contributed by atoms with van der Waals surface area (Å²) in [7, 11) is 0. The minimum Gasteiger partial charge on any atom is -0.245 e. The van der Waals surface area contributed by atoms with E-state index in [0.29, 0.717) is 16.7 Å². The number of rotatable bonds is 2. The Hall–Kier alpha value is 0.01000. The van der Waals surface area contributed by atoms with Gasteiger partial charge in [0.25, 0.3) is 0 Å². The standard InChI is InChI=1S/C6H6Cl2N2S/c1-11-6-5(8)10-4(2-7)3-9-6/h3H,2H2,1H3. The lowest BCUT2D eigenvalue weighted by atomic mass is 10.5. The first-order valence-electron chi connectivity index (χ1n) is 2.89. The van der Waals surface area contributed by atoms with Crippen molar-refractivity contribution in [2.45, 2.75) is 10.9 Å². The number of halogens is 2. The number of alkyl halides is 1. The first kappa shape index (κ1) is 9.10. The third-order valence-corrected chi connectivity index (χ3v) is 2.41. The molecule has 2 nitrogen and oxygen atoms in total. The lowest BCUT2D eigenvalue weighted by Gasteiger charge is -1.98. The minimum absolute atomic E-state index is 0.349. The Balaban J connectivity index is 2.99. The second-order valence-corrected chi connectivity index (χ2v) is 3.22. The largest absolute Gasteiger partial charge is 0.245 e. The van der Waals surface area contributed by atoms with Crippen LogP contribution in [0.5, 0.6) is 0 Å². The highest BCUT2D eigenvalue weighted by atomic mass is 35.5. The zero-order chi connectivity index (χ0) is 8.27. The first-order valence-corrected chi connectivity index (χ1v) is 5.03. The van der Waals surface area contributed by atoms with E-state index >= 15 is 0 Å². The molecular weight excluding hydrogens is 203 g/mol. The highest BCUT2D eigenvalue weighted by molar-refractivity contribution is 7.98. The van der Waals surface area contributed by atoms with Crippen LogP contribution in [0.15, 0.2) is 11.2 Å². The number of nitrogens with zero attached hydrogens (tertiary/aromatic N) is 2. The van der Waals surface area contributed by atoms with Crippen molar-refractivity contribution in [1.82, 2.24) is 9.97 Å². The molecule has 0 bridgehead atoms. The molecule has 0 spiro atoms. The van der Waals surface area contributed by atoms with Crippen LogP contribution in [-0.4, -0.2) is 16.2 Å². The maximum absolute atomic E-state index is 5.76. The van der Waals surface area contributed by atoms with Crippen LogP contribution in [0.1, 0.15) is 5.69 Å². The monoisotopic (exact) mass is 208 g/mol. The first-order chi connectivity index (χ1) is 5.27. The highest BCUT2D eigenvalue weighted by Crippen LogP contribution is 2.20. The van der Waals surface area contributed by atoms with Crippen molar-refractivity contribution in [3.63, 3.8) is 0 Å². The summed E-state index contributed by atoms with van der Waals surface area (Å²) in [5.74, 6) is 0.349. The number of hydrogen-bond acceptors (Lipinski definition) is 3. The third kappa shape index (κ3) is 2.22. The van der Waals surface area contributed by atoms with E-state index in [1.54, 1.807) is 6.20 Å². The average molecular weight is 209 g/mol. The van der Waals surface area contributed by atoms with Gasteiger partial charge in [-0.3, -0.25) is 0 Å². The van der Waals surface area contributed by atoms with Crippen molar-refractivity contribution >= 4 is 35.0 Å². The van der Waals surface area contributed by atoms with Gasteiger partial charge in [-0.1, -0.05) is 11.6 Å². The molecule has 0 N–H and O–H groups in total. The lowest BCUT2D eigenvalue weighted by Crippen LogP contribution is -1.90. The molecule has 5 heteroatoms. The van der Waals surface area contributed by atoms with Crippen LogP contribution in [0.2, 0.25) is 5.15 Å². The highest BCUT2D eigenvalue weighted by Gasteiger charge is 2.02. The lowest BCUT2D eigenvalue weighted by molar-refractivity contribution is 1.00. The Morgan fingerprint density at radius 3 is 2.82 bits per heavy atom. The van der Waals surface area contributed by atoms with Gasteiger partial charge in [-0.05, 0) is 6.26 Å². The Labute approximate surface area is 79.3 Å². The summed E-state index contributed by atoms with van der Waals surface area (Å²) in [5, 5.41) is 1.16. The predicted molar refractivity (Wildman–Crippen MR) is 48.4 cm³/mol. The summed E-state index contributed by atoms with van der Waals surface area (Å²) in [6.45, 7) is 0. The molecule has 0 amide bonds. The molecule has 0 atom stereocenters. The summed E-state index contributed by atoms with van der Waals surface area (Å²) in [4.78, 5) is 8.06. The predicted octanol–water partition coefficient (Wildman–Crippen LogP) is 2.59. The molecular formula is C6H6Cl2N2S. The van der Waals surface area contributed by atoms with Gasteiger partial charge in [-0.15, -0.1) is 23.4 Å². The third-order valence-electron chi connectivity index (χ3n) is 1.08. The van der Waals surface area contributed by atoms with Crippen LogP contribution in [0, 0.1) is 0 Å². The van der Waals surface area contributed by atoms with Crippen molar-refractivity contribution in [2.75, 3.05) is 6.26 Å². The van der Waals surface area contributed by atoms with Crippen LogP contribution in [0.4, 0.5) is 0 Å². The van der Waals surface area contributed by atoms with E-state index in [1.807, 2.05) is 6.26 Å². The van der Waals surface area contributed by atoms with E-state index < -0.39 is 0 Å². The summed E-state index contributed by atoms with van der Waals surface area (Å²) >= 11 is 12.7. The fraction of sp³-hybridized carbons (Fsp3) is 0.333. The van der Waals surface area contributed by atoms with Gasteiger partial charge in [0.2, 0.25) is 0 Å². The SMILES string of the molecule is CSc1ncc(CCl)nc1Cl. The van der Waals surface area contributed by atoms with E-state index in [1.165, 1.54) is 11.8 Å². The van der Waals surface area contributed by atoms with Gasteiger partial charge in [-0.2, -0.15) is 0 Å². The molecule has 0 aliphatic rings. The molecule has 1 rings (SSSR count). The Morgan fingerprint density at radius 2 is 2.36 bits per heavy atom. The van der Waals surface area contributed by atoms with Gasteiger partial charge in [0.15, 0.2) is 5.15 Å². The van der Waals surface area contributed by atoms with Crippen LogP contribution >= 0.6 is 35.0 Å². The molecule has 1 heterocycles. The van der Waals surface area contributed by atoms with Gasteiger partial charge < -0.3 is 0 Å². The summed E-state index contributed by atoms with van der Waals surface area (Å²) in [6.07, 6.45) is 3.53. The number of aromatic nitrogens is 2. The molecule has 0 saturated carbocycles. The molecule has 11 heavy (non-hydrogen) atoms. The fourth-order valence-electron chi connectivity index (χ4n) is 0.590. The summed E-state index contributed by atoms with van der Waals surface area (Å²) in [6, 6.07) is 0. The van der Waals surface area contributed by atoms with Gasteiger partial charge in [0.05, 0.1) is 17.8 Å². The molecule has 1 aromatic rings. The maximum Gasteiger partial charge on any atom is 0.161 e. The number of thioether (sulfide) groups is 1. The quantitative estimate of drug-likeness (QED) is 0.553. The second kappa shape index (κ2) is 4.14. The molecule has 1 aromatic heterocycles. The Morgan fingerprint density at radius 1 is 1.64 bits per heavy atom. The average Bonchev–Trinajstić information content (AvgIpc) is 2.04. The van der Waals surface area contributed by atoms with E-state index in [2.05, 4.69) is 9.97 Å². The molecule has 0 fully saturated rings. The summed E-state index contributed by atoms with van der Waals surface area (Å²) in [5.41, 5.74) is 0.703. The zero-order valence-corrected chi connectivity index (χ0v) is 8.17. The van der Waals surface area contributed by atoms with Crippen LogP contribution < -0.4 is 0 Å². The van der Waals surface area contributed by atoms with Gasteiger partial charge in [0.1, 0.15) is 5.03 Å². The van der Waals surface area contributed by atoms with Crippen molar-refractivity contribution in [3.8, 4) is 0 Å². The molecule has 60 valence electrons. The Bertz CT molecular complexity index is 254. The Kier molecular flexibility index (Phi) is 3.43. The van der Waals surface area contributed by atoms with E-state index in [-0.39, 0.29) is 0 Å². The molecule has 0 aliphatic carbocycles. The van der Waals surface area contributed by atoms with Crippen LogP contribution in [0.3, 0.4) is 0 Å². The van der Waals surface area contributed by atoms with Crippen molar-refractivity contribution < 1.29 is 0 Å². The molecule has 0 unspecified atom stereocenters. The molecule has 0 aromatic carbocycles. The van der Waals surface area contributed by atoms with Crippen molar-refractivity contribution in [2.24, 2.45) is 0 Å². The van der Waals surface area contributed by atoms with E-state index in [4.69, 9.17) is 23.2 Å². The van der Waals surface area contributed by atoms with Gasteiger partial charge in [-0.25, -0.2) is 9.97 Å². The van der Waals surface area contributed by atoms with Gasteiger partial charge in [0, 0.05) is 0 Å². The number of hydrogen-bond donors (Lipinski definition) is 0. The van der Waals surface area contributed by atoms with E-state index in [0.717, 1.165) is 5.03 Å². The second-order valence-electron chi connectivity index (χ2n) is 1.80. The van der Waals surface area contributed by atoms with Crippen molar-refractivity contribution in [1.29, 1.82) is 0 Å².